The van der Waals surface area contributed by atoms with Gasteiger partial charge in [0.15, 0.2) is 11.5 Å². The van der Waals surface area contributed by atoms with Crippen molar-refractivity contribution in [2.75, 3.05) is 4.90 Å². The highest BCUT2D eigenvalue weighted by Crippen LogP contribution is 2.47. The van der Waals surface area contributed by atoms with E-state index in [9.17, 15) is 5.11 Å². The van der Waals surface area contributed by atoms with E-state index in [1.54, 1.807) is 12.1 Å². The molecule has 0 aliphatic carbocycles. The van der Waals surface area contributed by atoms with Crippen molar-refractivity contribution >= 4 is 36.5 Å². The van der Waals surface area contributed by atoms with E-state index in [4.69, 9.17) is 23.4 Å². The van der Waals surface area contributed by atoms with Gasteiger partial charge in [-0.15, -0.1) is 0 Å². The smallest absolute Gasteiger partial charge is 0.494 e. The summed E-state index contributed by atoms with van der Waals surface area (Å²) >= 11 is 0. The second kappa shape index (κ2) is 9.02. The second-order valence-electron chi connectivity index (χ2n) is 13.0. The van der Waals surface area contributed by atoms with E-state index in [1.807, 2.05) is 36.4 Å². The number of hydrogen-bond donors (Lipinski definition) is 1. The summed E-state index contributed by atoms with van der Waals surface area (Å²) in [5.41, 5.74) is 2.95. The number of ether oxygens (including phenoxy) is 1. The molecule has 0 unspecified atom stereocenters. The van der Waals surface area contributed by atoms with Gasteiger partial charge in [-0.2, -0.15) is 0 Å². The molecular formula is C31H37B2NO6. The summed E-state index contributed by atoms with van der Waals surface area (Å²) < 4.78 is 31.9. The lowest BCUT2D eigenvalue weighted by Gasteiger charge is -2.33. The Morgan fingerprint density at radius 2 is 1.00 bits per heavy atom. The average molecular weight is 541 g/mol. The molecule has 0 bridgehead atoms. The Morgan fingerprint density at radius 1 is 0.600 bits per heavy atom. The highest BCUT2D eigenvalue weighted by molar-refractivity contribution is 6.62. The maximum atomic E-state index is 9.81. The molecule has 9 heteroatoms. The number of nitrogens with zero attached hydrogens (tertiary/aromatic N) is 1. The van der Waals surface area contributed by atoms with Crippen LogP contribution in [0.3, 0.4) is 0 Å². The van der Waals surface area contributed by atoms with Crippen LogP contribution in [0.25, 0.3) is 0 Å². The fraction of sp³-hybridized carbons (Fsp3) is 0.419. The van der Waals surface area contributed by atoms with Crippen molar-refractivity contribution in [1.29, 1.82) is 0 Å². The molecule has 0 atom stereocenters. The van der Waals surface area contributed by atoms with E-state index in [-0.39, 0.29) is 5.75 Å². The Hall–Kier alpha value is -2.97. The van der Waals surface area contributed by atoms with Crippen LogP contribution in [-0.4, -0.2) is 41.7 Å². The third-order valence-corrected chi connectivity index (χ3v) is 9.10. The molecule has 2 fully saturated rings. The van der Waals surface area contributed by atoms with Crippen molar-refractivity contribution in [3.05, 3.63) is 66.2 Å². The van der Waals surface area contributed by atoms with E-state index in [0.29, 0.717) is 18.0 Å². The third kappa shape index (κ3) is 4.49. The van der Waals surface area contributed by atoms with Crippen molar-refractivity contribution < 1.29 is 28.5 Å². The molecule has 3 aliphatic heterocycles. The van der Waals surface area contributed by atoms with Crippen LogP contribution in [-0.2, 0) is 25.2 Å². The molecule has 3 aromatic rings. The predicted molar refractivity (Wildman–Crippen MR) is 158 cm³/mol. The van der Waals surface area contributed by atoms with E-state index in [0.717, 1.165) is 27.9 Å². The van der Waals surface area contributed by atoms with E-state index >= 15 is 0 Å². The fourth-order valence-corrected chi connectivity index (χ4v) is 5.12. The molecule has 0 aromatic heterocycles. The summed E-state index contributed by atoms with van der Waals surface area (Å²) in [6.07, 6.45) is 0. The van der Waals surface area contributed by atoms with Crippen LogP contribution in [0, 0.1) is 0 Å². The Labute approximate surface area is 237 Å². The van der Waals surface area contributed by atoms with Crippen molar-refractivity contribution in [2.24, 2.45) is 0 Å². The first kappa shape index (κ1) is 27.2. The first-order valence-electron chi connectivity index (χ1n) is 13.9. The van der Waals surface area contributed by atoms with Crippen LogP contribution >= 0.6 is 0 Å². The Morgan fingerprint density at radius 3 is 1.40 bits per heavy atom. The standard InChI is InChI=1S/C31H37B2NO6/c1-28(2)29(3,4)38-32(37-28)21-11-15-24-26(17-21)36-27-18-22(33-39-30(5,6)31(7,8)40-33)12-16-25(27)34(24)19-20-9-13-23(35)14-10-20/h9-18,35H,19H2,1-8H3. The molecule has 40 heavy (non-hydrogen) atoms. The van der Waals surface area contributed by atoms with Crippen LogP contribution in [0.15, 0.2) is 60.7 Å². The van der Waals surface area contributed by atoms with Gasteiger partial charge in [0.1, 0.15) is 5.75 Å². The topological polar surface area (TPSA) is 69.6 Å². The normalized spacial score (nSPS) is 21.6. The third-order valence-electron chi connectivity index (χ3n) is 9.10. The number of fused-ring (bicyclic) bond motifs is 2. The average Bonchev–Trinajstić information content (AvgIpc) is 3.23. The summed E-state index contributed by atoms with van der Waals surface area (Å²) in [4.78, 5) is 2.22. The van der Waals surface area contributed by atoms with Gasteiger partial charge in [-0.25, -0.2) is 0 Å². The lowest BCUT2D eigenvalue weighted by Crippen LogP contribution is -2.41. The molecule has 3 aromatic carbocycles. The van der Waals surface area contributed by atoms with Crippen molar-refractivity contribution in [3.63, 3.8) is 0 Å². The molecule has 2 saturated heterocycles. The van der Waals surface area contributed by atoms with Gasteiger partial charge in [0, 0.05) is 6.54 Å². The molecule has 3 heterocycles. The van der Waals surface area contributed by atoms with E-state index in [2.05, 4.69) is 72.4 Å². The van der Waals surface area contributed by atoms with Crippen molar-refractivity contribution in [3.8, 4) is 17.2 Å². The Bertz CT molecular complexity index is 1340. The monoisotopic (exact) mass is 541 g/mol. The zero-order valence-corrected chi connectivity index (χ0v) is 24.6. The first-order chi connectivity index (χ1) is 18.7. The van der Waals surface area contributed by atoms with Gasteiger partial charge in [0.2, 0.25) is 0 Å². The molecule has 0 saturated carbocycles. The number of phenolic OH excluding ortho intramolecular Hbond substituents is 1. The SMILES string of the molecule is CC1(C)OB(c2ccc3c(c2)Oc2cc(B4OC(C)(C)C(C)(C)O4)ccc2N3Cc2ccc(O)cc2)OC1(C)C. The summed E-state index contributed by atoms with van der Waals surface area (Å²) in [6, 6.07) is 19.5. The van der Waals surface area contributed by atoms with Gasteiger partial charge in [-0.1, -0.05) is 24.3 Å². The van der Waals surface area contributed by atoms with Gasteiger partial charge in [0.05, 0.1) is 33.8 Å². The molecule has 3 aliphatic rings. The molecular weight excluding hydrogens is 504 g/mol. The van der Waals surface area contributed by atoms with Gasteiger partial charge < -0.3 is 33.4 Å². The largest absolute Gasteiger partial charge is 0.508 e. The quantitative estimate of drug-likeness (QED) is 0.442. The summed E-state index contributed by atoms with van der Waals surface area (Å²) in [5.74, 6) is 1.67. The number of anilines is 2. The van der Waals surface area contributed by atoms with Crippen LogP contribution < -0.4 is 20.6 Å². The lowest BCUT2D eigenvalue weighted by atomic mass is 9.78. The van der Waals surface area contributed by atoms with Crippen LogP contribution in [0.4, 0.5) is 11.4 Å². The summed E-state index contributed by atoms with van der Waals surface area (Å²) in [5, 5.41) is 9.81. The number of aromatic hydroxyl groups is 1. The van der Waals surface area contributed by atoms with Crippen LogP contribution in [0.5, 0.6) is 17.2 Å². The first-order valence-corrected chi connectivity index (χ1v) is 13.9. The molecule has 7 nitrogen and oxygen atoms in total. The predicted octanol–water partition coefficient (Wildman–Crippen LogP) is 5.43. The van der Waals surface area contributed by atoms with E-state index in [1.165, 1.54) is 0 Å². The summed E-state index contributed by atoms with van der Waals surface area (Å²) in [6.45, 7) is 17.0. The Kier molecular flexibility index (Phi) is 6.13. The molecule has 0 spiro atoms. The zero-order valence-electron chi connectivity index (χ0n) is 24.6. The highest BCUT2D eigenvalue weighted by atomic mass is 16.7. The number of benzene rings is 3. The highest BCUT2D eigenvalue weighted by Gasteiger charge is 2.53. The van der Waals surface area contributed by atoms with Gasteiger partial charge >= 0.3 is 14.2 Å². The number of hydrogen-bond acceptors (Lipinski definition) is 7. The van der Waals surface area contributed by atoms with Crippen LogP contribution in [0.2, 0.25) is 0 Å². The molecule has 208 valence electrons. The van der Waals surface area contributed by atoms with E-state index < -0.39 is 36.6 Å². The minimum absolute atomic E-state index is 0.241. The zero-order chi connectivity index (χ0) is 28.7. The molecule has 0 radical (unpaired) electrons. The maximum absolute atomic E-state index is 9.81. The van der Waals surface area contributed by atoms with Gasteiger partial charge in [-0.3, -0.25) is 0 Å². The second-order valence-corrected chi connectivity index (χ2v) is 13.0. The Balaban J connectivity index is 1.38. The fourth-order valence-electron chi connectivity index (χ4n) is 5.12. The van der Waals surface area contributed by atoms with Crippen molar-refractivity contribution in [2.45, 2.75) is 84.3 Å². The van der Waals surface area contributed by atoms with Gasteiger partial charge in [0.25, 0.3) is 0 Å². The molecule has 6 rings (SSSR count). The lowest BCUT2D eigenvalue weighted by molar-refractivity contribution is 0.00578. The molecule has 1 N–H and O–H groups in total. The minimum Gasteiger partial charge on any atom is -0.508 e. The summed E-state index contributed by atoms with van der Waals surface area (Å²) in [7, 11) is -0.996. The van der Waals surface area contributed by atoms with Crippen molar-refractivity contribution in [1.82, 2.24) is 0 Å². The van der Waals surface area contributed by atoms with Gasteiger partial charge in [-0.05, 0) is 108 Å². The minimum atomic E-state index is -0.498. The molecule has 0 amide bonds. The number of phenols is 1. The maximum Gasteiger partial charge on any atom is 0.494 e. The van der Waals surface area contributed by atoms with Crippen LogP contribution in [0.1, 0.15) is 61.0 Å². The number of rotatable bonds is 4.